The molecule has 0 atom stereocenters. The van der Waals surface area contributed by atoms with E-state index in [2.05, 4.69) is 34.6 Å². The van der Waals surface area contributed by atoms with Crippen LogP contribution < -0.4 is 0 Å². The lowest BCUT2D eigenvalue weighted by molar-refractivity contribution is -0.145. The number of carbonyl (C=O) groups is 1. The minimum absolute atomic E-state index is 0.0865. The van der Waals surface area contributed by atoms with Crippen LogP contribution >= 0.6 is 0 Å². The zero-order valence-corrected chi connectivity index (χ0v) is 11.9. The highest BCUT2D eigenvalue weighted by Gasteiger charge is 2.37. The van der Waals surface area contributed by atoms with E-state index in [1.165, 1.54) is 22.3 Å². The van der Waals surface area contributed by atoms with Crippen molar-refractivity contribution in [2.24, 2.45) is 5.41 Å². The van der Waals surface area contributed by atoms with E-state index in [4.69, 9.17) is 4.74 Å². The third-order valence-electron chi connectivity index (χ3n) is 4.32. The molecule has 2 heteroatoms. The summed E-state index contributed by atoms with van der Waals surface area (Å²) in [4.78, 5) is 11.5. The van der Waals surface area contributed by atoms with Gasteiger partial charge in [0.25, 0.3) is 0 Å². The highest BCUT2D eigenvalue weighted by atomic mass is 16.5. The van der Waals surface area contributed by atoms with Crippen molar-refractivity contribution in [3.8, 4) is 0 Å². The Hall–Kier alpha value is -1.05. The topological polar surface area (TPSA) is 26.3 Å². The quantitative estimate of drug-likeness (QED) is 0.689. The number of carbonyl (C=O) groups excluding carboxylic acids is 1. The number of rotatable bonds is 4. The van der Waals surface area contributed by atoms with Gasteiger partial charge in [-0.15, -0.1) is 0 Å². The first kappa shape index (κ1) is 14.0. The van der Waals surface area contributed by atoms with Crippen LogP contribution in [-0.2, 0) is 9.53 Å². The highest BCUT2D eigenvalue weighted by Crippen LogP contribution is 2.46. The number of ether oxygens (including phenoxy) is 1. The second kappa shape index (κ2) is 5.07. The van der Waals surface area contributed by atoms with Gasteiger partial charge in [0.05, 0.1) is 0 Å². The molecule has 0 fully saturated rings. The average Bonchev–Trinajstić information content (AvgIpc) is 2.44. The van der Waals surface area contributed by atoms with Crippen molar-refractivity contribution in [1.82, 2.24) is 0 Å². The van der Waals surface area contributed by atoms with Crippen LogP contribution in [0.3, 0.4) is 0 Å². The first-order chi connectivity index (χ1) is 7.84. The van der Waals surface area contributed by atoms with Gasteiger partial charge in [0.15, 0.2) is 0 Å². The molecule has 0 heterocycles. The van der Waals surface area contributed by atoms with E-state index in [1.54, 1.807) is 0 Å². The van der Waals surface area contributed by atoms with Gasteiger partial charge in [-0.1, -0.05) is 18.1 Å². The molecule has 0 bridgehead atoms. The minimum atomic E-state index is -0.0996. The summed E-state index contributed by atoms with van der Waals surface area (Å²) in [5.41, 5.74) is 5.25. The van der Waals surface area contributed by atoms with Crippen molar-refractivity contribution in [3.63, 3.8) is 0 Å². The number of allylic oxidation sites excluding steroid dienone is 2. The zero-order valence-electron chi connectivity index (χ0n) is 11.9. The number of hydrogen-bond donors (Lipinski definition) is 0. The van der Waals surface area contributed by atoms with E-state index in [9.17, 15) is 4.79 Å². The Morgan fingerprint density at radius 1 is 1.12 bits per heavy atom. The molecule has 0 aromatic carbocycles. The van der Waals surface area contributed by atoms with E-state index in [0.717, 1.165) is 6.42 Å². The van der Waals surface area contributed by atoms with Crippen LogP contribution in [0.2, 0.25) is 0 Å². The maximum atomic E-state index is 11.5. The van der Waals surface area contributed by atoms with E-state index in [1.807, 2.05) is 6.92 Å². The van der Waals surface area contributed by atoms with Gasteiger partial charge in [-0.05, 0) is 52.2 Å². The predicted molar refractivity (Wildman–Crippen MR) is 70.7 cm³/mol. The third kappa shape index (κ3) is 2.46. The molecule has 0 aliphatic heterocycles. The molecule has 0 aromatic heterocycles. The van der Waals surface area contributed by atoms with Gasteiger partial charge < -0.3 is 4.74 Å². The summed E-state index contributed by atoms with van der Waals surface area (Å²) in [7, 11) is 0. The fraction of sp³-hybridized carbons (Fsp3) is 0.667. The third-order valence-corrected chi connectivity index (χ3v) is 4.32. The molecule has 0 N–H and O–H groups in total. The van der Waals surface area contributed by atoms with Gasteiger partial charge >= 0.3 is 5.97 Å². The Kier molecular flexibility index (Phi) is 4.18. The minimum Gasteiger partial charge on any atom is -0.464 e. The largest absolute Gasteiger partial charge is 0.464 e. The molecule has 1 aliphatic carbocycles. The molecule has 17 heavy (non-hydrogen) atoms. The van der Waals surface area contributed by atoms with Crippen molar-refractivity contribution >= 4 is 5.97 Å². The first-order valence-corrected chi connectivity index (χ1v) is 6.36. The van der Waals surface area contributed by atoms with Gasteiger partial charge in [-0.2, -0.15) is 0 Å². The van der Waals surface area contributed by atoms with Gasteiger partial charge in [0.1, 0.15) is 6.61 Å². The van der Waals surface area contributed by atoms with Gasteiger partial charge in [0.2, 0.25) is 0 Å². The van der Waals surface area contributed by atoms with Crippen molar-refractivity contribution < 1.29 is 9.53 Å². The first-order valence-electron chi connectivity index (χ1n) is 6.36. The second-order valence-corrected chi connectivity index (χ2v) is 5.24. The monoisotopic (exact) mass is 236 g/mol. The van der Waals surface area contributed by atoms with Gasteiger partial charge in [0, 0.05) is 11.8 Å². The Morgan fingerprint density at radius 2 is 1.59 bits per heavy atom. The van der Waals surface area contributed by atoms with E-state index < -0.39 is 0 Å². The molecule has 0 amide bonds. The molecule has 0 aromatic rings. The van der Waals surface area contributed by atoms with Gasteiger partial charge in [-0.25, -0.2) is 0 Å². The van der Waals surface area contributed by atoms with Crippen molar-refractivity contribution in [2.75, 3.05) is 6.61 Å². The van der Waals surface area contributed by atoms with E-state index in [-0.39, 0.29) is 11.4 Å². The lowest BCUT2D eigenvalue weighted by Gasteiger charge is -2.28. The molecular formula is C15H24O2. The van der Waals surface area contributed by atoms with Crippen molar-refractivity contribution in [3.05, 3.63) is 22.3 Å². The maximum absolute atomic E-state index is 11.5. The molecule has 0 spiro atoms. The molecular weight excluding hydrogens is 212 g/mol. The van der Waals surface area contributed by atoms with Crippen LogP contribution in [0.1, 0.15) is 54.4 Å². The lowest BCUT2D eigenvalue weighted by atomic mass is 9.80. The summed E-state index contributed by atoms with van der Waals surface area (Å²) in [6.07, 6.45) is 1.36. The Morgan fingerprint density at radius 3 is 2.00 bits per heavy atom. The molecule has 1 aliphatic rings. The van der Waals surface area contributed by atoms with E-state index >= 15 is 0 Å². The molecule has 96 valence electrons. The fourth-order valence-electron chi connectivity index (χ4n) is 2.39. The van der Waals surface area contributed by atoms with Gasteiger partial charge in [-0.3, -0.25) is 4.79 Å². The van der Waals surface area contributed by atoms with E-state index in [0.29, 0.717) is 13.0 Å². The Bertz CT molecular complexity index is 362. The molecule has 2 nitrogen and oxygen atoms in total. The number of hydrogen-bond acceptors (Lipinski definition) is 2. The highest BCUT2D eigenvalue weighted by molar-refractivity contribution is 5.69. The SMILES string of the molecule is CCCC(=O)OCC1(C)C(C)=C(C)C(C)=C1C. The summed E-state index contributed by atoms with van der Waals surface area (Å²) in [6, 6.07) is 0. The standard InChI is InChI=1S/C15H24O2/c1-7-8-14(16)17-9-15(6)12(4)10(2)11(3)13(15)5/h7-9H2,1-6H3. The molecule has 1 rings (SSSR count). The molecule has 0 unspecified atom stereocenters. The number of esters is 1. The summed E-state index contributed by atoms with van der Waals surface area (Å²) in [5.74, 6) is -0.0865. The summed E-state index contributed by atoms with van der Waals surface area (Å²) >= 11 is 0. The zero-order chi connectivity index (χ0) is 13.2. The molecule has 0 radical (unpaired) electrons. The normalized spacial score (nSPS) is 18.9. The molecule has 0 saturated heterocycles. The predicted octanol–water partition coefficient (Wildman–Crippen LogP) is 4.02. The molecule has 0 saturated carbocycles. The van der Waals surface area contributed by atoms with Crippen molar-refractivity contribution in [1.29, 1.82) is 0 Å². The average molecular weight is 236 g/mol. The second-order valence-electron chi connectivity index (χ2n) is 5.24. The van der Waals surface area contributed by atoms with Crippen LogP contribution in [-0.4, -0.2) is 12.6 Å². The van der Waals surface area contributed by atoms with Crippen molar-refractivity contribution in [2.45, 2.75) is 54.4 Å². The fourth-order valence-corrected chi connectivity index (χ4v) is 2.39. The summed E-state index contributed by atoms with van der Waals surface area (Å²) < 4.78 is 5.40. The summed E-state index contributed by atoms with van der Waals surface area (Å²) in [5, 5.41) is 0. The Balaban J connectivity index is 2.80. The van der Waals surface area contributed by atoms with Crippen LogP contribution in [0.5, 0.6) is 0 Å². The lowest BCUT2D eigenvalue weighted by Crippen LogP contribution is -2.26. The Labute approximate surface area is 105 Å². The maximum Gasteiger partial charge on any atom is 0.305 e. The van der Waals surface area contributed by atoms with Crippen LogP contribution in [0.4, 0.5) is 0 Å². The van der Waals surface area contributed by atoms with Crippen LogP contribution in [0, 0.1) is 5.41 Å². The smallest absolute Gasteiger partial charge is 0.305 e. The van der Waals surface area contributed by atoms with Crippen LogP contribution in [0.25, 0.3) is 0 Å². The summed E-state index contributed by atoms with van der Waals surface area (Å²) in [6.45, 7) is 13.2. The van der Waals surface area contributed by atoms with Crippen LogP contribution in [0.15, 0.2) is 22.3 Å².